The molecule has 0 radical (unpaired) electrons. The zero-order valence-electron chi connectivity index (χ0n) is 8.03. The van der Waals surface area contributed by atoms with Gasteiger partial charge in [-0.3, -0.25) is 9.59 Å². The lowest BCUT2D eigenvalue weighted by molar-refractivity contribution is -0.142. The van der Waals surface area contributed by atoms with Gasteiger partial charge in [0.2, 0.25) is 5.91 Å². The highest BCUT2D eigenvalue weighted by Crippen LogP contribution is 2.31. The lowest BCUT2D eigenvalue weighted by Crippen LogP contribution is -2.34. The number of fused-ring (bicyclic) bond motifs is 3. The molecule has 2 bridgehead atoms. The molecule has 0 aromatic heterocycles. The summed E-state index contributed by atoms with van der Waals surface area (Å²) in [5.74, 6) is -1.08. The molecule has 0 spiro atoms. The molecule has 3 atom stereocenters. The van der Waals surface area contributed by atoms with Crippen molar-refractivity contribution in [2.45, 2.75) is 38.1 Å². The van der Waals surface area contributed by atoms with Crippen molar-refractivity contribution in [3.05, 3.63) is 0 Å². The molecule has 2 heterocycles. The average molecular weight is 197 g/mol. The number of rotatable bonds is 1. The maximum absolute atomic E-state index is 11.6. The van der Waals surface area contributed by atoms with Crippen molar-refractivity contribution in [3.8, 4) is 0 Å². The topological polar surface area (TPSA) is 66.4 Å². The molecule has 2 fully saturated rings. The van der Waals surface area contributed by atoms with Crippen molar-refractivity contribution < 1.29 is 14.7 Å². The third-order valence-electron chi connectivity index (χ3n) is 3.31. The number of carboxylic acids is 1. The molecule has 4 nitrogen and oxygen atoms in total. The maximum Gasteiger partial charge on any atom is 0.306 e. The van der Waals surface area contributed by atoms with E-state index in [-0.39, 0.29) is 23.8 Å². The summed E-state index contributed by atoms with van der Waals surface area (Å²) >= 11 is 0. The van der Waals surface area contributed by atoms with Crippen LogP contribution in [0.5, 0.6) is 0 Å². The summed E-state index contributed by atoms with van der Waals surface area (Å²) in [6.45, 7) is 0. The fourth-order valence-electron chi connectivity index (χ4n) is 2.52. The van der Waals surface area contributed by atoms with Gasteiger partial charge < -0.3 is 10.4 Å². The molecule has 2 saturated heterocycles. The quantitative estimate of drug-likeness (QED) is 0.652. The number of amides is 1. The Balaban J connectivity index is 2.17. The van der Waals surface area contributed by atoms with Crippen LogP contribution in [-0.4, -0.2) is 23.0 Å². The Kier molecular flexibility index (Phi) is 2.44. The third kappa shape index (κ3) is 1.74. The average Bonchev–Trinajstić information content (AvgIpc) is 2.31. The van der Waals surface area contributed by atoms with Gasteiger partial charge in [-0.15, -0.1) is 0 Å². The van der Waals surface area contributed by atoms with E-state index < -0.39 is 5.97 Å². The van der Waals surface area contributed by atoms with Crippen molar-refractivity contribution in [1.29, 1.82) is 0 Å². The zero-order valence-corrected chi connectivity index (χ0v) is 8.03. The van der Waals surface area contributed by atoms with Crippen LogP contribution in [0.2, 0.25) is 0 Å². The second-order valence-corrected chi connectivity index (χ2v) is 4.34. The van der Waals surface area contributed by atoms with E-state index >= 15 is 0 Å². The molecule has 4 heteroatoms. The van der Waals surface area contributed by atoms with Crippen LogP contribution in [0.3, 0.4) is 0 Å². The Morgan fingerprint density at radius 2 is 2.14 bits per heavy atom. The first kappa shape index (κ1) is 9.49. The summed E-state index contributed by atoms with van der Waals surface area (Å²) in [6.07, 6.45) is 3.97. The molecule has 0 unspecified atom stereocenters. The molecule has 0 saturated carbocycles. The van der Waals surface area contributed by atoms with E-state index in [0.717, 1.165) is 19.3 Å². The number of carbonyl (C=O) groups excluding carboxylic acids is 1. The van der Waals surface area contributed by atoms with E-state index in [1.807, 2.05) is 0 Å². The molecule has 0 aromatic carbocycles. The van der Waals surface area contributed by atoms with Crippen molar-refractivity contribution in [2.24, 2.45) is 11.8 Å². The zero-order chi connectivity index (χ0) is 10.1. The van der Waals surface area contributed by atoms with Crippen molar-refractivity contribution in [1.82, 2.24) is 5.32 Å². The van der Waals surface area contributed by atoms with Crippen LogP contribution in [0, 0.1) is 11.8 Å². The van der Waals surface area contributed by atoms with Gasteiger partial charge >= 0.3 is 5.97 Å². The van der Waals surface area contributed by atoms with Gasteiger partial charge in [0.15, 0.2) is 0 Å². The lowest BCUT2D eigenvalue weighted by atomic mass is 9.85. The molecule has 2 aliphatic rings. The van der Waals surface area contributed by atoms with Gasteiger partial charge in [-0.25, -0.2) is 0 Å². The number of aliphatic carboxylic acids is 1. The summed E-state index contributed by atoms with van der Waals surface area (Å²) in [5, 5.41) is 11.9. The molecule has 2 N–H and O–H groups in total. The minimum absolute atomic E-state index is 0.0660. The third-order valence-corrected chi connectivity index (χ3v) is 3.31. The minimum atomic E-state index is -0.751. The van der Waals surface area contributed by atoms with Crippen molar-refractivity contribution in [3.63, 3.8) is 0 Å². The number of nitrogens with one attached hydrogen (secondary N) is 1. The predicted octanol–water partition coefficient (Wildman–Crippen LogP) is 0.766. The molecular formula is C10H15NO3. The summed E-state index contributed by atoms with van der Waals surface area (Å²) in [6, 6.07) is 0.0936. The Labute approximate surface area is 82.7 Å². The van der Waals surface area contributed by atoms with Gasteiger partial charge in [-0.1, -0.05) is 6.42 Å². The smallest absolute Gasteiger partial charge is 0.306 e. The second kappa shape index (κ2) is 3.59. The first-order chi connectivity index (χ1) is 6.66. The molecule has 0 aliphatic carbocycles. The van der Waals surface area contributed by atoms with Crippen LogP contribution < -0.4 is 5.32 Å². The second-order valence-electron chi connectivity index (χ2n) is 4.34. The lowest BCUT2D eigenvalue weighted by Gasteiger charge is -2.19. The maximum atomic E-state index is 11.6. The summed E-state index contributed by atoms with van der Waals surface area (Å²) in [7, 11) is 0. The Morgan fingerprint density at radius 3 is 2.86 bits per heavy atom. The summed E-state index contributed by atoms with van der Waals surface area (Å²) < 4.78 is 0. The molecule has 78 valence electrons. The number of carbonyl (C=O) groups is 2. The standard InChI is InChI=1S/C10H15NO3/c12-9-6-2-1-3-8(11-9)5-7(4-6)10(13)14/h6-8H,1-5H2,(H,11,12)(H,13,14)/t6-,7+,8+/m0/s1. The fourth-order valence-corrected chi connectivity index (χ4v) is 2.52. The highest BCUT2D eigenvalue weighted by Gasteiger charge is 2.36. The minimum Gasteiger partial charge on any atom is -0.481 e. The highest BCUT2D eigenvalue weighted by molar-refractivity contribution is 5.81. The largest absolute Gasteiger partial charge is 0.481 e. The van der Waals surface area contributed by atoms with Crippen LogP contribution in [-0.2, 0) is 9.59 Å². The van der Waals surface area contributed by atoms with Gasteiger partial charge in [0.05, 0.1) is 5.92 Å². The van der Waals surface area contributed by atoms with Gasteiger partial charge in [-0.05, 0) is 25.7 Å². The summed E-state index contributed by atoms with van der Waals surface area (Å²) in [4.78, 5) is 22.5. The Morgan fingerprint density at radius 1 is 1.36 bits per heavy atom. The van der Waals surface area contributed by atoms with Crippen LogP contribution in [0.25, 0.3) is 0 Å². The van der Waals surface area contributed by atoms with Gasteiger partial charge in [0.1, 0.15) is 0 Å². The highest BCUT2D eigenvalue weighted by atomic mass is 16.4. The molecule has 2 aliphatic heterocycles. The monoisotopic (exact) mass is 197 g/mol. The van der Waals surface area contributed by atoms with Crippen LogP contribution in [0.1, 0.15) is 32.1 Å². The predicted molar refractivity (Wildman–Crippen MR) is 49.6 cm³/mol. The van der Waals surface area contributed by atoms with Gasteiger partial charge in [0, 0.05) is 12.0 Å². The van der Waals surface area contributed by atoms with Crippen LogP contribution in [0.4, 0.5) is 0 Å². The summed E-state index contributed by atoms with van der Waals surface area (Å²) in [5.41, 5.74) is 0. The van der Waals surface area contributed by atoms with E-state index in [2.05, 4.69) is 5.32 Å². The molecule has 2 rings (SSSR count). The first-order valence-electron chi connectivity index (χ1n) is 5.20. The fraction of sp³-hybridized carbons (Fsp3) is 0.800. The van der Waals surface area contributed by atoms with E-state index in [9.17, 15) is 9.59 Å². The molecular weight excluding hydrogens is 182 g/mol. The number of hydrogen-bond acceptors (Lipinski definition) is 2. The van der Waals surface area contributed by atoms with Gasteiger partial charge in [-0.2, -0.15) is 0 Å². The van der Waals surface area contributed by atoms with Crippen molar-refractivity contribution in [2.75, 3.05) is 0 Å². The Bertz CT molecular complexity index is 264. The Hall–Kier alpha value is -1.06. The van der Waals surface area contributed by atoms with Crippen LogP contribution in [0.15, 0.2) is 0 Å². The van der Waals surface area contributed by atoms with E-state index in [1.54, 1.807) is 0 Å². The van der Waals surface area contributed by atoms with E-state index in [4.69, 9.17) is 5.11 Å². The van der Waals surface area contributed by atoms with Crippen LogP contribution >= 0.6 is 0 Å². The molecule has 1 amide bonds. The number of carboxylic acid groups (broad SMARTS) is 1. The molecule has 14 heavy (non-hydrogen) atoms. The van der Waals surface area contributed by atoms with E-state index in [0.29, 0.717) is 12.8 Å². The first-order valence-corrected chi connectivity index (χ1v) is 5.20. The van der Waals surface area contributed by atoms with E-state index in [1.165, 1.54) is 0 Å². The van der Waals surface area contributed by atoms with Gasteiger partial charge in [0.25, 0.3) is 0 Å². The normalized spacial score (nSPS) is 37.1. The number of hydrogen-bond donors (Lipinski definition) is 2. The molecule has 0 aromatic rings. The SMILES string of the molecule is O=C(O)[C@H]1C[C@H]2CCC[C@@H](C1)C(=O)N2. The van der Waals surface area contributed by atoms with Crippen molar-refractivity contribution >= 4 is 11.9 Å².